The van der Waals surface area contributed by atoms with Crippen LogP contribution in [0.15, 0.2) is 6.20 Å². The minimum absolute atomic E-state index is 0.316. The number of aromatic nitrogens is 1. The van der Waals surface area contributed by atoms with Gasteiger partial charge in [0.2, 0.25) is 0 Å². The number of nitrogens with zero attached hydrogens (tertiary/aromatic N) is 1. The molecule has 1 aromatic heterocycles. The number of hydrogen-bond acceptors (Lipinski definition) is 2. The summed E-state index contributed by atoms with van der Waals surface area (Å²) in [6.07, 6.45) is -2.16. The lowest BCUT2D eigenvalue weighted by molar-refractivity contribution is 0.149. The molecule has 0 saturated carbocycles. The lowest BCUT2D eigenvalue weighted by Gasteiger charge is -2.07. The standard InChI is InChI=1S/C7H5ClF3NO/c8-1-3-4(6(9)10)2-12-7(11)5(3)13/h2,6,13H,1H2. The predicted molar refractivity (Wildman–Crippen MR) is 40.4 cm³/mol. The third kappa shape index (κ3) is 1.85. The Hall–Kier alpha value is -0.970. The van der Waals surface area contributed by atoms with Crippen LogP contribution in [-0.4, -0.2) is 10.1 Å². The van der Waals surface area contributed by atoms with Crippen LogP contribution in [0.3, 0.4) is 0 Å². The molecule has 0 saturated heterocycles. The van der Waals surface area contributed by atoms with E-state index in [9.17, 15) is 13.2 Å². The van der Waals surface area contributed by atoms with E-state index < -0.39 is 23.7 Å². The van der Waals surface area contributed by atoms with E-state index in [1.807, 2.05) is 0 Å². The van der Waals surface area contributed by atoms with Crippen molar-refractivity contribution in [1.82, 2.24) is 4.98 Å². The molecule has 0 aliphatic rings. The van der Waals surface area contributed by atoms with E-state index in [1.54, 1.807) is 0 Å². The summed E-state index contributed by atoms with van der Waals surface area (Å²) in [7, 11) is 0. The Balaban J connectivity index is 3.30. The monoisotopic (exact) mass is 211 g/mol. The van der Waals surface area contributed by atoms with Gasteiger partial charge < -0.3 is 5.11 Å². The highest BCUT2D eigenvalue weighted by Gasteiger charge is 2.19. The second-order valence-corrected chi connectivity index (χ2v) is 2.53. The summed E-state index contributed by atoms with van der Waals surface area (Å²) in [5, 5.41) is 8.97. The zero-order valence-electron chi connectivity index (χ0n) is 6.27. The Morgan fingerprint density at radius 3 is 2.62 bits per heavy atom. The number of hydrogen-bond donors (Lipinski definition) is 1. The van der Waals surface area contributed by atoms with Crippen molar-refractivity contribution >= 4 is 11.6 Å². The molecule has 13 heavy (non-hydrogen) atoms. The molecule has 1 aromatic rings. The van der Waals surface area contributed by atoms with Gasteiger partial charge in [0.05, 0.1) is 5.88 Å². The summed E-state index contributed by atoms with van der Waals surface area (Å²) in [5.41, 5.74) is -0.863. The molecule has 0 spiro atoms. The number of halogens is 4. The maximum Gasteiger partial charge on any atom is 0.265 e. The van der Waals surface area contributed by atoms with Crippen LogP contribution in [-0.2, 0) is 5.88 Å². The minimum atomic E-state index is -2.83. The molecule has 0 fully saturated rings. The van der Waals surface area contributed by atoms with Crippen molar-refractivity contribution in [2.75, 3.05) is 0 Å². The van der Waals surface area contributed by atoms with Crippen LogP contribution in [0.1, 0.15) is 17.6 Å². The van der Waals surface area contributed by atoms with E-state index in [2.05, 4.69) is 4.98 Å². The average Bonchev–Trinajstić information content (AvgIpc) is 2.09. The molecular weight excluding hydrogens is 207 g/mol. The fourth-order valence-electron chi connectivity index (χ4n) is 0.855. The third-order valence-corrected chi connectivity index (χ3v) is 1.78. The van der Waals surface area contributed by atoms with Gasteiger partial charge >= 0.3 is 0 Å². The van der Waals surface area contributed by atoms with E-state index in [0.29, 0.717) is 6.20 Å². The van der Waals surface area contributed by atoms with Crippen LogP contribution < -0.4 is 0 Å². The summed E-state index contributed by atoms with van der Waals surface area (Å²) in [4.78, 5) is 2.95. The minimum Gasteiger partial charge on any atom is -0.503 e. The highest BCUT2D eigenvalue weighted by molar-refractivity contribution is 6.17. The molecule has 2 nitrogen and oxygen atoms in total. The van der Waals surface area contributed by atoms with Crippen molar-refractivity contribution < 1.29 is 18.3 Å². The molecule has 72 valence electrons. The molecule has 6 heteroatoms. The van der Waals surface area contributed by atoms with Gasteiger partial charge in [0, 0.05) is 17.3 Å². The van der Waals surface area contributed by atoms with Crippen LogP contribution in [0.5, 0.6) is 5.75 Å². The molecule has 0 aromatic carbocycles. The Labute approximate surface area is 77.0 Å². The van der Waals surface area contributed by atoms with Gasteiger partial charge in [-0.25, -0.2) is 13.8 Å². The van der Waals surface area contributed by atoms with Gasteiger partial charge in [-0.2, -0.15) is 4.39 Å². The molecule has 0 aliphatic heterocycles. The van der Waals surface area contributed by atoms with E-state index >= 15 is 0 Å². The molecule has 0 bridgehead atoms. The molecule has 0 radical (unpaired) electrons. The first-order valence-electron chi connectivity index (χ1n) is 3.28. The van der Waals surface area contributed by atoms with Crippen LogP contribution >= 0.6 is 11.6 Å². The van der Waals surface area contributed by atoms with Crippen molar-refractivity contribution in [3.8, 4) is 5.75 Å². The van der Waals surface area contributed by atoms with E-state index in [1.165, 1.54) is 0 Å². The lowest BCUT2D eigenvalue weighted by atomic mass is 10.1. The second-order valence-electron chi connectivity index (χ2n) is 2.27. The Morgan fingerprint density at radius 2 is 2.15 bits per heavy atom. The number of aromatic hydroxyl groups is 1. The maximum atomic E-state index is 12.5. The van der Waals surface area contributed by atoms with E-state index in [0.717, 1.165) is 0 Å². The molecule has 0 aliphatic carbocycles. The van der Waals surface area contributed by atoms with Gasteiger partial charge in [-0.05, 0) is 0 Å². The third-order valence-electron chi connectivity index (χ3n) is 1.52. The first-order valence-corrected chi connectivity index (χ1v) is 3.81. The van der Waals surface area contributed by atoms with Crippen molar-refractivity contribution in [2.24, 2.45) is 0 Å². The highest BCUT2D eigenvalue weighted by atomic mass is 35.5. The van der Waals surface area contributed by atoms with Crippen LogP contribution in [0.25, 0.3) is 0 Å². The smallest absolute Gasteiger partial charge is 0.265 e. The SMILES string of the molecule is Oc1c(F)ncc(C(F)F)c1CCl. The van der Waals surface area contributed by atoms with Gasteiger partial charge in [-0.1, -0.05) is 0 Å². The molecular formula is C7H5ClF3NO. The van der Waals surface area contributed by atoms with E-state index in [4.69, 9.17) is 16.7 Å². The first-order chi connectivity index (χ1) is 6.07. The number of pyridine rings is 1. The Bertz CT molecular complexity index is 319. The molecule has 0 amide bonds. The molecule has 1 N–H and O–H groups in total. The van der Waals surface area contributed by atoms with Gasteiger partial charge in [0.1, 0.15) is 0 Å². The predicted octanol–water partition coefficient (Wildman–Crippen LogP) is 2.60. The van der Waals surface area contributed by atoms with Gasteiger partial charge in [0.25, 0.3) is 12.4 Å². The van der Waals surface area contributed by atoms with Crippen LogP contribution in [0, 0.1) is 5.95 Å². The summed E-state index contributed by atoms with van der Waals surface area (Å²) < 4.78 is 36.9. The van der Waals surface area contributed by atoms with Gasteiger partial charge in [-0.3, -0.25) is 0 Å². The normalized spacial score (nSPS) is 10.8. The number of alkyl halides is 3. The summed E-state index contributed by atoms with van der Waals surface area (Å²) in [6, 6.07) is 0. The van der Waals surface area contributed by atoms with Gasteiger partial charge in [0.15, 0.2) is 5.75 Å². The average molecular weight is 212 g/mol. The Kier molecular flexibility index (Phi) is 2.98. The van der Waals surface area contributed by atoms with Crippen LogP contribution in [0.4, 0.5) is 13.2 Å². The van der Waals surface area contributed by atoms with Crippen molar-refractivity contribution in [3.05, 3.63) is 23.3 Å². The molecule has 0 atom stereocenters. The zero-order valence-corrected chi connectivity index (χ0v) is 7.02. The van der Waals surface area contributed by atoms with Gasteiger partial charge in [-0.15, -0.1) is 11.6 Å². The Morgan fingerprint density at radius 1 is 1.54 bits per heavy atom. The molecule has 1 rings (SSSR count). The molecule has 0 unspecified atom stereocenters. The second kappa shape index (κ2) is 3.83. The fraction of sp³-hybridized carbons (Fsp3) is 0.286. The van der Waals surface area contributed by atoms with Crippen molar-refractivity contribution in [1.29, 1.82) is 0 Å². The largest absolute Gasteiger partial charge is 0.503 e. The maximum absolute atomic E-state index is 12.5. The lowest BCUT2D eigenvalue weighted by Crippen LogP contribution is -1.97. The number of rotatable bonds is 2. The topological polar surface area (TPSA) is 33.1 Å². The van der Waals surface area contributed by atoms with Crippen molar-refractivity contribution in [2.45, 2.75) is 12.3 Å². The van der Waals surface area contributed by atoms with E-state index in [-0.39, 0.29) is 11.4 Å². The summed E-state index contributed by atoms with van der Waals surface area (Å²) in [5.74, 6) is -2.49. The first kappa shape index (κ1) is 10.1. The van der Waals surface area contributed by atoms with Crippen molar-refractivity contribution in [3.63, 3.8) is 0 Å². The summed E-state index contributed by atoms with van der Waals surface area (Å²) in [6.45, 7) is 0. The van der Waals surface area contributed by atoms with Crippen LogP contribution in [0.2, 0.25) is 0 Å². The zero-order chi connectivity index (χ0) is 10.0. The highest BCUT2D eigenvalue weighted by Crippen LogP contribution is 2.30. The quantitative estimate of drug-likeness (QED) is 0.603. The molecule has 1 heterocycles. The fourth-order valence-corrected chi connectivity index (χ4v) is 1.14. The summed E-state index contributed by atoms with van der Waals surface area (Å²) >= 11 is 5.27.